The zero-order chi connectivity index (χ0) is 13.7. The molecule has 0 aliphatic heterocycles. The summed E-state index contributed by atoms with van der Waals surface area (Å²) in [6.07, 6.45) is 0. The van der Waals surface area contributed by atoms with E-state index in [1.165, 1.54) is 6.07 Å². The third kappa shape index (κ3) is 4.06. The molecule has 2 aromatic rings. The van der Waals surface area contributed by atoms with Crippen molar-refractivity contribution in [3.8, 4) is 0 Å². The van der Waals surface area contributed by atoms with Gasteiger partial charge in [0.25, 0.3) is 5.22 Å². The first-order valence-corrected chi connectivity index (χ1v) is 6.56. The lowest BCUT2D eigenvalue weighted by Crippen LogP contribution is -2.25. The average Bonchev–Trinajstić information content (AvgIpc) is 2.81. The summed E-state index contributed by atoms with van der Waals surface area (Å²) in [5, 5.41) is 10.4. The van der Waals surface area contributed by atoms with Gasteiger partial charge in [0, 0.05) is 19.0 Å². The van der Waals surface area contributed by atoms with E-state index in [0.717, 1.165) is 11.8 Å². The molecule has 0 aliphatic rings. The van der Waals surface area contributed by atoms with E-state index in [-0.39, 0.29) is 24.0 Å². The Morgan fingerprint density at radius 2 is 2.21 bits per heavy atom. The molecule has 0 unspecified atom stereocenters. The van der Waals surface area contributed by atoms with E-state index in [2.05, 4.69) is 15.5 Å². The van der Waals surface area contributed by atoms with E-state index in [1.54, 1.807) is 25.1 Å². The van der Waals surface area contributed by atoms with Crippen LogP contribution in [0.3, 0.4) is 0 Å². The number of nitrogens with one attached hydrogen (secondary N) is 1. The van der Waals surface area contributed by atoms with Gasteiger partial charge in [-0.2, -0.15) is 0 Å². The summed E-state index contributed by atoms with van der Waals surface area (Å²) in [7, 11) is 0. The lowest BCUT2D eigenvalue weighted by molar-refractivity contribution is -0.118. The normalized spacial score (nSPS) is 10.4. The van der Waals surface area contributed by atoms with Crippen molar-refractivity contribution in [2.24, 2.45) is 0 Å². The van der Waals surface area contributed by atoms with Crippen molar-refractivity contribution in [3.63, 3.8) is 0 Å². The maximum absolute atomic E-state index is 13.3. The van der Waals surface area contributed by atoms with Crippen molar-refractivity contribution < 1.29 is 13.6 Å². The SMILES string of the molecule is Cc1nnc(SCC(=O)NCc2ccccc2F)o1. The molecule has 0 radical (unpaired) electrons. The van der Waals surface area contributed by atoms with Gasteiger partial charge < -0.3 is 9.73 Å². The molecule has 1 aromatic heterocycles. The molecule has 1 amide bonds. The Morgan fingerprint density at radius 1 is 1.42 bits per heavy atom. The van der Waals surface area contributed by atoms with Crippen LogP contribution in [0.15, 0.2) is 33.9 Å². The van der Waals surface area contributed by atoms with Gasteiger partial charge in [-0.15, -0.1) is 10.2 Å². The fraction of sp³-hybridized carbons (Fsp3) is 0.250. The molecule has 0 fully saturated rings. The van der Waals surface area contributed by atoms with Gasteiger partial charge in [-0.3, -0.25) is 4.79 Å². The molecule has 5 nitrogen and oxygen atoms in total. The molecule has 0 aliphatic carbocycles. The zero-order valence-corrected chi connectivity index (χ0v) is 11.0. The van der Waals surface area contributed by atoms with Crippen molar-refractivity contribution in [2.75, 3.05) is 5.75 Å². The molecule has 1 aromatic carbocycles. The second-order valence-corrected chi connectivity index (χ2v) is 4.67. The van der Waals surface area contributed by atoms with Crippen LogP contribution in [0.4, 0.5) is 4.39 Å². The van der Waals surface area contributed by atoms with Gasteiger partial charge in [-0.25, -0.2) is 4.39 Å². The van der Waals surface area contributed by atoms with Crippen LogP contribution >= 0.6 is 11.8 Å². The number of aromatic nitrogens is 2. The quantitative estimate of drug-likeness (QED) is 0.848. The van der Waals surface area contributed by atoms with E-state index >= 15 is 0 Å². The van der Waals surface area contributed by atoms with Crippen molar-refractivity contribution in [2.45, 2.75) is 18.7 Å². The predicted octanol–water partition coefficient (Wildman–Crippen LogP) is 1.93. The van der Waals surface area contributed by atoms with Crippen LogP contribution in [0, 0.1) is 12.7 Å². The fourth-order valence-corrected chi connectivity index (χ4v) is 1.99. The van der Waals surface area contributed by atoms with E-state index in [1.807, 2.05) is 0 Å². The molecule has 0 bridgehead atoms. The maximum Gasteiger partial charge on any atom is 0.277 e. The van der Waals surface area contributed by atoms with Gasteiger partial charge in [0.05, 0.1) is 5.75 Å². The third-order valence-electron chi connectivity index (χ3n) is 2.27. The highest BCUT2D eigenvalue weighted by Gasteiger charge is 2.08. The topological polar surface area (TPSA) is 68.0 Å². The molecular weight excluding hydrogens is 269 g/mol. The van der Waals surface area contributed by atoms with E-state index in [0.29, 0.717) is 16.7 Å². The van der Waals surface area contributed by atoms with Gasteiger partial charge in [-0.1, -0.05) is 30.0 Å². The number of amides is 1. The van der Waals surface area contributed by atoms with Crippen molar-refractivity contribution in [3.05, 3.63) is 41.5 Å². The second-order valence-electron chi connectivity index (χ2n) is 3.74. The highest BCUT2D eigenvalue weighted by atomic mass is 32.2. The minimum atomic E-state index is -0.331. The number of halogens is 1. The molecule has 0 saturated heterocycles. The Hall–Kier alpha value is -1.89. The Labute approximate surface area is 113 Å². The first kappa shape index (κ1) is 13.5. The molecule has 100 valence electrons. The summed E-state index contributed by atoms with van der Waals surface area (Å²) in [6, 6.07) is 6.32. The van der Waals surface area contributed by atoms with Crippen LogP contribution in [0.25, 0.3) is 0 Å². The Morgan fingerprint density at radius 3 is 2.89 bits per heavy atom. The molecule has 0 atom stereocenters. The Kier molecular flexibility index (Phi) is 4.51. The number of benzene rings is 1. The lowest BCUT2D eigenvalue weighted by Gasteiger charge is -2.05. The smallest absolute Gasteiger partial charge is 0.277 e. The molecule has 0 saturated carbocycles. The van der Waals surface area contributed by atoms with Crippen LogP contribution in [-0.4, -0.2) is 21.9 Å². The van der Waals surface area contributed by atoms with Gasteiger partial charge in [0.2, 0.25) is 11.8 Å². The number of aryl methyl sites for hydroxylation is 1. The summed E-state index contributed by atoms with van der Waals surface area (Å²) in [4.78, 5) is 11.6. The van der Waals surface area contributed by atoms with E-state index in [9.17, 15) is 9.18 Å². The molecule has 1 heterocycles. The van der Waals surface area contributed by atoms with Crippen LogP contribution in [-0.2, 0) is 11.3 Å². The standard InChI is InChI=1S/C12H12FN3O2S/c1-8-15-16-12(18-8)19-7-11(17)14-6-9-4-2-3-5-10(9)13/h2-5H,6-7H2,1H3,(H,14,17). The first-order chi connectivity index (χ1) is 9.15. The molecule has 0 spiro atoms. The number of hydrogen-bond acceptors (Lipinski definition) is 5. The number of hydrogen-bond donors (Lipinski definition) is 1. The van der Waals surface area contributed by atoms with Gasteiger partial charge in [0.15, 0.2) is 0 Å². The Balaban J connectivity index is 1.77. The molecular formula is C12H12FN3O2S. The summed E-state index contributed by atoms with van der Waals surface area (Å²) >= 11 is 1.14. The number of nitrogens with zero attached hydrogens (tertiary/aromatic N) is 2. The average molecular weight is 281 g/mol. The predicted molar refractivity (Wildman–Crippen MR) is 68.0 cm³/mol. The molecule has 19 heavy (non-hydrogen) atoms. The molecule has 7 heteroatoms. The highest BCUT2D eigenvalue weighted by molar-refractivity contribution is 7.99. The number of thioether (sulfide) groups is 1. The summed E-state index contributed by atoms with van der Waals surface area (Å²) in [6.45, 7) is 1.84. The minimum Gasteiger partial charge on any atom is -0.416 e. The number of carbonyl (C=O) groups is 1. The molecule has 1 N–H and O–H groups in total. The van der Waals surface area contributed by atoms with Crippen LogP contribution in [0.5, 0.6) is 0 Å². The van der Waals surface area contributed by atoms with Crippen LogP contribution < -0.4 is 5.32 Å². The number of rotatable bonds is 5. The summed E-state index contributed by atoms with van der Waals surface area (Å²) in [5.74, 6) is 0.0529. The van der Waals surface area contributed by atoms with Crippen LogP contribution in [0.2, 0.25) is 0 Å². The lowest BCUT2D eigenvalue weighted by atomic mass is 10.2. The number of carbonyl (C=O) groups excluding carboxylic acids is 1. The van der Waals surface area contributed by atoms with Gasteiger partial charge >= 0.3 is 0 Å². The molecule has 2 rings (SSSR count). The third-order valence-corrected chi connectivity index (χ3v) is 3.09. The van der Waals surface area contributed by atoms with Crippen LogP contribution in [0.1, 0.15) is 11.5 Å². The van der Waals surface area contributed by atoms with Crippen molar-refractivity contribution in [1.82, 2.24) is 15.5 Å². The summed E-state index contributed by atoms with van der Waals surface area (Å²) < 4.78 is 18.4. The van der Waals surface area contributed by atoms with E-state index < -0.39 is 0 Å². The van der Waals surface area contributed by atoms with Gasteiger partial charge in [-0.05, 0) is 6.07 Å². The van der Waals surface area contributed by atoms with E-state index in [4.69, 9.17) is 4.42 Å². The minimum absolute atomic E-state index is 0.149. The maximum atomic E-state index is 13.3. The first-order valence-electron chi connectivity index (χ1n) is 5.58. The highest BCUT2D eigenvalue weighted by Crippen LogP contribution is 2.15. The van der Waals surface area contributed by atoms with Crippen molar-refractivity contribution >= 4 is 17.7 Å². The zero-order valence-electron chi connectivity index (χ0n) is 10.2. The van der Waals surface area contributed by atoms with Gasteiger partial charge in [0.1, 0.15) is 5.82 Å². The largest absolute Gasteiger partial charge is 0.416 e. The monoisotopic (exact) mass is 281 g/mol. The second kappa shape index (κ2) is 6.33. The fourth-order valence-electron chi connectivity index (χ4n) is 1.35. The summed E-state index contributed by atoms with van der Waals surface area (Å²) in [5.41, 5.74) is 0.453. The Bertz CT molecular complexity index is 574. The van der Waals surface area contributed by atoms with Crippen molar-refractivity contribution in [1.29, 1.82) is 0 Å².